The third-order valence-corrected chi connectivity index (χ3v) is 4.49. The number of benzene rings is 2. The van der Waals surface area contributed by atoms with Gasteiger partial charge >= 0.3 is 0 Å². The van der Waals surface area contributed by atoms with Crippen molar-refractivity contribution in [2.45, 2.75) is 25.9 Å². The molecule has 2 rings (SSSR count). The summed E-state index contributed by atoms with van der Waals surface area (Å²) in [6.45, 7) is 2.00. The minimum atomic E-state index is -0.774. The number of aliphatic hydroxyl groups is 1. The molecule has 0 spiro atoms. The van der Waals surface area contributed by atoms with Crippen molar-refractivity contribution in [3.63, 3.8) is 0 Å². The summed E-state index contributed by atoms with van der Waals surface area (Å²) >= 11 is 3.42. The van der Waals surface area contributed by atoms with Gasteiger partial charge in [0.15, 0.2) is 0 Å². The maximum Gasteiger partial charge on any atom is 0.222 e. The minimum Gasteiger partial charge on any atom is -0.508 e. The summed E-state index contributed by atoms with van der Waals surface area (Å²) in [5, 5.41) is 19.8. The summed E-state index contributed by atoms with van der Waals surface area (Å²) < 4.78 is 0.999. The first-order valence-electron chi connectivity index (χ1n) is 7.83. The smallest absolute Gasteiger partial charge is 0.222 e. The van der Waals surface area contributed by atoms with Crippen LogP contribution in [0, 0.1) is 6.92 Å². The predicted molar refractivity (Wildman–Crippen MR) is 97.9 cm³/mol. The van der Waals surface area contributed by atoms with Gasteiger partial charge in [-0.25, -0.2) is 0 Å². The molecule has 128 valence electrons. The van der Waals surface area contributed by atoms with E-state index in [2.05, 4.69) is 15.9 Å². The summed E-state index contributed by atoms with van der Waals surface area (Å²) in [5.41, 5.74) is 2.49. The van der Waals surface area contributed by atoms with Crippen LogP contribution < -0.4 is 0 Å². The monoisotopic (exact) mass is 391 g/mol. The van der Waals surface area contributed by atoms with Gasteiger partial charge in [0.1, 0.15) is 5.75 Å². The molecule has 0 aromatic heterocycles. The van der Waals surface area contributed by atoms with E-state index in [1.54, 1.807) is 37.1 Å². The number of aromatic hydroxyl groups is 1. The number of phenolic OH excluding ortho intramolecular Hbond substituents is 1. The number of carbonyl (C=O) groups is 1. The van der Waals surface area contributed by atoms with Crippen LogP contribution in [0.3, 0.4) is 0 Å². The van der Waals surface area contributed by atoms with Crippen molar-refractivity contribution < 1.29 is 15.0 Å². The van der Waals surface area contributed by atoms with Crippen LogP contribution in [0.4, 0.5) is 0 Å². The van der Waals surface area contributed by atoms with Gasteiger partial charge in [0.2, 0.25) is 5.91 Å². The molecule has 4 nitrogen and oxygen atoms in total. The molecule has 0 fully saturated rings. The molecule has 2 N–H and O–H groups in total. The third-order valence-electron chi connectivity index (χ3n) is 3.99. The zero-order valence-corrected chi connectivity index (χ0v) is 15.5. The Morgan fingerprint density at radius 2 is 2.00 bits per heavy atom. The molecule has 1 unspecified atom stereocenters. The number of phenols is 1. The number of nitrogens with zero attached hydrogens (tertiary/aromatic N) is 1. The van der Waals surface area contributed by atoms with Gasteiger partial charge in [0.05, 0.1) is 12.6 Å². The fourth-order valence-corrected chi connectivity index (χ4v) is 2.93. The molecule has 0 bridgehead atoms. The molecular formula is C19H22BrNO3. The van der Waals surface area contributed by atoms with Gasteiger partial charge in [-0.3, -0.25) is 4.79 Å². The van der Waals surface area contributed by atoms with Gasteiger partial charge in [-0.1, -0.05) is 34.1 Å². The van der Waals surface area contributed by atoms with Crippen LogP contribution in [-0.4, -0.2) is 34.6 Å². The lowest BCUT2D eigenvalue weighted by atomic mass is 10.1. The molecular weight excluding hydrogens is 370 g/mol. The van der Waals surface area contributed by atoms with Crippen LogP contribution in [0.25, 0.3) is 0 Å². The third kappa shape index (κ3) is 5.08. The average Bonchev–Trinajstić information content (AvgIpc) is 2.55. The lowest BCUT2D eigenvalue weighted by Gasteiger charge is -2.21. The Bertz CT molecular complexity index is 718. The second-order valence-electron chi connectivity index (χ2n) is 5.97. The van der Waals surface area contributed by atoms with Crippen molar-refractivity contribution in [1.29, 1.82) is 0 Å². The summed E-state index contributed by atoms with van der Waals surface area (Å²) in [4.78, 5) is 13.8. The molecule has 0 aliphatic rings. The molecule has 0 aliphatic carbocycles. The molecule has 24 heavy (non-hydrogen) atoms. The van der Waals surface area contributed by atoms with E-state index in [0.29, 0.717) is 24.0 Å². The Morgan fingerprint density at radius 1 is 1.25 bits per heavy atom. The van der Waals surface area contributed by atoms with Crippen molar-refractivity contribution in [3.8, 4) is 5.75 Å². The Labute approximate surface area is 150 Å². The average molecular weight is 392 g/mol. The quantitative estimate of drug-likeness (QED) is 0.790. The van der Waals surface area contributed by atoms with E-state index in [1.165, 1.54) is 0 Å². The van der Waals surface area contributed by atoms with E-state index >= 15 is 0 Å². The fourth-order valence-electron chi connectivity index (χ4n) is 2.49. The van der Waals surface area contributed by atoms with Crippen molar-refractivity contribution >= 4 is 21.8 Å². The molecule has 0 heterocycles. The lowest BCUT2D eigenvalue weighted by Crippen LogP contribution is -2.31. The molecule has 0 saturated carbocycles. The highest BCUT2D eigenvalue weighted by Gasteiger charge is 2.16. The molecule has 2 aromatic rings. The Morgan fingerprint density at radius 3 is 2.67 bits per heavy atom. The van der Waals surface area contributed by atoms with E-state index in [-0.39, 0.29) is 18.2 Å². The highest BCUT2D eigenvalue weighted by Crippen LogP contribution is 2.22. The first kappa shape index (κ1) is 18.5. The zero-order valence-electron chi connectivity index (χ0n) is 13.9. The second kappa shape index (κ2) is 8.31. The number of halogens is 1. The van der Waals surface area contributed by atoms with E-state index < -0.39 is 6.10 Å². The topological polar surface area (TPSA) is 60.8 Å². The number of carbonyl (C=O) groups excluding carboxylic acids is 1. The molecule has 1 atom stereocenters. The van der Waals surface area contributed by atoms with Crippen LogP contribution in [0.1, 0.15) is 29.2 Å². The summed E-state index contributed by atoms with van der Waals surface area (Å²) in [5.74, 6) is 0.189. The van der Waals surface area contributed by atoms with Gasteiger partial charge in [0.25, 0.3) is 0 Å². The number of aryl methyl sites for hydroxylation is 2. The van der Waals surface area contributed by atoms with Crippen molar-refractivity contribution in [2.75, 3.05) is 13.6 Å². The summed E-state index contributed by atoms with van der Waals surface area (Å²) in [6, 6.07) is 12.9. The first-order valence-corrected chi connectivity index (χ1v) is 8.62. The molecule has 1 amide bonds. The van der Waals surface area contributed by atoms with Crippen LogP contribution >= 0.6 is 15.9 Å². The highest BCUT2D eigenvalue weighted by molar-refractivity contribution is 9.10. The van der Waals surface area contributed by atoms with Crippen LogP contribution in [0.15, 0.2) is 46.9 Å². The molecule has 5 heteroatoms. The van der Waals surface area contributed by atoms with E-state index in [1.807, 2.05) is 24.3 Å². The van der Waals surface area contributed by atoms with Crippen LogP contribution in [0.2, 0.25) is 0 Å². The van der Waals surface area contributed by atoms with Crippen molar-refractivity contribution in [2.24, 2.45) is 0 Å². The number of rotatable bonds is 6. The van der Waals surface area contributed by atoms with Gasteiger partial charge in [-0.05, 0) is 54.3 Å². The van der Waals surface area contributed by atoms with E-state index in [9.17, 15) is 15.0 Å². The molecule has 0 radical (unpaired) electrons. The van der Waals surface area contributed by atoms with Crippen molar-refractivity contribution in [3.05, 3.63) is 63.6 Å². The number of aliphatic hydroxyl groups excluding tert-OH is 1. The largest absolute Gasteiger partial charge is 0.508 e. The second-order valence-corrected chi connectivity index (χ2v) is 6.88. The first-order chi connectivity index (χ1) is 11.4. The summed E-state index contributed by atoms with van der Waals surface area (Å²) in [6.07, 6.45) is 0.287. The maximum atomic E-state index is 12.3. The van der Waals surface area contributed by atoms with Crippen LogP contribution in [0.5, 0.6) is 5.75 Å². The Kier molecular flexibility index (Phi) is 6.40. The van der Waals surface area contributed by atoms with Crippen LogP contribution in [-0.2, 0) is 11.2 Å². The molecule has 0 aliphatic heterocycles. The Hall–Kier alpha value is -1.85. The number of hydrogen-bond donors (Lipinski definition) is 2. The lowest BCUT2D eigenvalue weighted by molar-refractivity contribution is -0.131. The Balaban J connectivity index is 1.89. The molecule has 0 saturated heterocycles. The van der Waals surface area contributed by atoms with Crippen molar-refractivity contribution in [1.82, 2.24) is 4.90 Å². The van der Waals surface area contributed by atoms with Gasteiger partial charge in [0, 0.05) is 17.9 Å². The standard InChI is InChI=1S/C19H22BrNO3/c1-13-10-15(7-8-17(13)22)18(23)12-21(2)19(24)9-6-14-4-3-5-16(20)11-14/h3-5,7-8,10-11,18,22-23H,6,9,12H2,1-2H3. The molecule has 2 aromatic carbocycles. The minimum absolute atomic E-state index is 0.00970. The summed E-state index contributed by atoms with van der Waals surface area (Å²) in [7, 11) is 1.69. The fraction of sp³-hybridized carbons (Fsp3) is 0.316. The van der Waals surface area contributed by atoms with Gasteiger partial charge in [-0.15, -0.1) is 0 Å². The van der Waals surface area contributed by atoms with E-state index in [0.717, 1.165) is 10.0 Å². The number of likely N-dealkylation sites (N-methyl/N-ethyl adjacent to an activating group) is 1. The van der Waals surface area contributed by atoms with Gasteiger partial charge < -0.3 is 15.1 Å². The van der Waals surface area contributed by atoms with Gasteiger partial charge in [-0.2, -0.15) is 0 Å². The number of hydrogen-bond acceptors (Lipinski definition) is 3. The highest BCUT2D eigenvalue weighted by atomic mass is 79.9. The zero-order chi connectivity index (χ0) is 17.7. The SMILES string of the molecule is Cc1cc(C(O)CN(C)C(=O)CCc2cccc(Br)c2)ccc1O. The predicted octanol–water partition coefficient (Wildman–Crippen LogP) is 3.59. The maximum absolute atomic E-state index is 12.3. The van der Waals surface area contributed by atoms with E-state index in [4.69, 9.17) is 0 Å². The normalized spacial score (nSPS) is 12.0. The number of amides is 1.